The van der Waals surface area contributed by atoms with Crippen LogP contribution in [0, 0.1) is 10.1 Å². The van der Waals surface area contributed by atoms with E-state index in [4.69, 9.17) is 5.11 Å². The second-order valence-electron chi connectivity index (χ2n) is 3.43. The molecule has 0 amide bonds. The molecule has 0 unspecified atom stereocenters. The summed E-state index contributed by atoms with van der Waals surface area (Å²) < 4.78 is 24.8. The standard InChI is InChI=1S/C9H11N3O6S/c1-2-11(6-9(13)14)19(17,18)7-3-4-8(10-5-7)12(15)16/h3-5H,2,6H2,1H3,(H,13,14). The Hall–Kier alpha value is -2.07. The van der Waals surface area contributed by atoms with Crippen molar-refractivity contribution in [3.05, 3.63) is 28.4 Å². The van der Waals surface area contributed by atoms with E-state index in [0.29, 0.717) is 0 Å². The smallest absolute Gasteiger partial charge is 0.363 e. The van der Waals surface area contributed by atoms with Crippen LogP contribution in [0.1, 0.15) is 6.92 Å². The summed E-state index contributed by atoms with van der Waals surface area (Å²) in [5.41, 5.74) is 0. The van der Waals surface area contributed by atoms with Crippen LogP contribution in [-0.2, 0) is 14.8 Å². The molecule has 0 aliphatic carbocycles. The van der Waals surface area contributed by atoms with Gasteiger partial charge in [0.2, 0.25) is 10.0 Å². The summed E-state index contributed by atoms with van der Waals surface area (Å²) in [5.74, 6) is -1.78. The molecule has 1 rings (SSSR count). The van der Waals surface area contributed by atoms with Gasteiger partial charge in [0.1, 0.15) is 11.4 Å². The monoisotopic (exact) mass is 289 g/mol. The highest BCUT2D eigenvalue weighted by molar-refractivity contribution is 7.89. The zero-order valence-electron chi connectivity index (χ0n) is 9.88. The maximum atomic E-state index is 12.0. The SMILES string of the molecule is CCN(CC(=O)O)S(=O)(=O)c1ccc([N+](=O)[O-])nc1. The summed E-state index contributed by atoms with van der Waals surface area (Å²) in [6, 6.07) is 1.96. The molecule has 1 aromatic heterocycles. The molecule has 0 bridgehead atoms. The van der Waals surface area contributed by atoms with Gasteiger partial charge in [-0.25, -0.2) is 8.42 Å². The van der Waals surface area contributed by atoms with E-state index in [0.717, 1.165) is 22.6 Å². The van der Waals surface area contributed by atoms with Gasteiger partial charge in [0.25, 0.3) is 0 Å². The highest BCUT2D eigenvalue weighted by atomic mass is 32.2. The predicted octanol–water partition coefficient (Wildman–Crippen LogP) is 0.0850. The molecule has 1 aromatic rings. The minimum atomic E-state index is -4.02. The Morgan fingerprint density at radius 2 is 2.16 bits per heavy atom. The van der Waals surface area contributed by atoms with Gasteiger partial charge < -0.3 is 15.2 Å². The fourth-order valence-electron chi connectivity index (χ4n) is 1.30. The van der Waals surface area contributed by atoms with Crippen molar-refractivity contribution in [1.29, 1.82) is 0 Å². The molecule has 1 N–H and O–H groups in total. The second-order valence-corrected chi connectivity index (χ2v) is 5.37. The van der Waals surface area contributed by atoms with Crippen LogP contribution in [0.5, 0.6) is 0 Å². The fourth-order valence-corrected chi connectivity index (χ4v) is 2.64. The average molecular weight is 289 g/mol. The Labute approximate surface area is 108 Å². The first-order chi connectivity index (χ1) is 8.78. The molecule has 1 heterocycles. The molecule has 0 aromatic carbocycles. The second kappa shape index (κ2) is 5.71. The van der Waals surface area contributed by atoms with E-state index in [9.17, 15) is 23.3 Å². The number of carboxylic acids is 1. The number of pyridine rings is 1. The molecule has 9 nitrogen and oxygen atoms in total. The van der Waals surface area contributed by atoms with Crippen LogP contribution < -0.4 is 0 Å². The molecule has 0 spiro atoms. The lowest BCUT2D eigenvalue weighted by Gasteiger charge is -2.17. The van der Waals surface area contributed by atoms with Gasteiger partial charge in [-0.3, -0.25) is 4.79 Å². The molecular formula is C9H11N3O6S. The molecular weight excluding hydrogens is 278 g/mol. The van der Waals surface area contributed by atoms with E-state index in [2.05, 4.69) is 4.98 Å². The predicted molar refractivity (Wildman–Crippen MR) is 63.0 cm³/mol. The third kappa shape index (κ3) is 3.45. The normalized spacial score (nSPS) is 11.5. The molecule has 0 radical (unpaired) electrons. The quantitative estimate of drug-likeness (QED) is 0.579. The highest BCUT2D eigenvalue weighted by Crippen LogP contribution is 2.16. The van der Waals surface area contributed by atoms with Gasteiger partial charge in [-0.15, -0.1) is 0 Å². The molecule has 0 atom stereocenters. The first kappa shape index (κ1) is 15.0. The third-order valence-corrected chi connectivity index (χ3v) is 4.11. The number of carbonyl (C=O) groups is 1. The van der Waals surface area contributed by atoms with Crippen molar-refractivity contribution in [2.45, 2.75) is 11.8 Å². The van der Waals surface area contributed by atoms with Crippen molar-refractivity contribution in [3.8, 4) is 0 Å². The fraction of sp³-hybridized carbons (Fsp3) is 0.333. The van der Waals surface area contributed by atoms with Gasteiger partial charge in [0, 0.05) is 12.6 Å². The molecule has 0 fully saturated rings. The maximum Gasteiger partial charge on any atom is 0.363 e. The Morgan fingerprint density at radius 3 is 2.53 bits per heavy atom. The van der Waals surface area contributed by atoms with Crippen molar-refractivity contribution >= 4 is 21.8 Å². The van der Waals surface area contributed by atoms with Crippen molar-refractivity contribution in [1.82, 2.24) is 9.29 Å². The minimum Gasteiger partial charge on any atom is -0.480 e. The molecule has 10 heteroatoms. The van der Waals surface area contributed by atoms with Crippen LogP contribution in [0.4, 0.5) is 5.82 Å². The number of carboxylic acid groups (broad SMARTS) is 1. The molecule has 0 saturated heterocycles. The lowest BCUT2D eigenvalue weighted by molar-refractivity contribution is -0.389. The number of hydrogen-bond acceptors (Lipinski definition) is 6. The molecule has 19 heavy (non-hydrogen) atoms. The van der Waals surface area contributed by atoms with Gasteiger partial charge in [-0.2, -0.15) is 4.31 Å². The number of sulfonamides is 1. The minimum absolute atomic E-state index is 0.0361. The van der Waals surface area contributed by atoms with Crippen molar-refractivity contribution < 1.29 is 23.2 Å². The summed E-state index contributed by atoms with van der Waals surface area (Å²) >= 11 is 0. The third-order valence-electron chi connectivity index (χ3n) is 2.21. The number of nitrogens with zero attached hydrogens (tertiary/aromatic N) is 3. The Balaban J connectivity index is 3.11. The van der Waals surface area contributed by atoms with E-state index in [-0.39, 0.29) is 11.4 Å². The topological polar surface area (TPSA) is 131 Å². The zero-order valence-corrected chi connectivity index (χ0v) is 10.7. The highest BCUT2D eigenvalue weighted by Gasteiger charge is 2.27. The van der Waals surface area contributed by atoms with E-state index in [1.807, 2.05) is 0 Å². The van der Waals surface area contributed by atoms with Crippen LogP contribution in [0.25, 0.3) is 0 Å². The van der Waals surface area contributed by atoms with Gasteiger partial charge in [-0.05, 0) is 16.0 Å². The van der Waals surface area contributed by atoms with Gasteiger partial charge >= 0.3 is 11.8 Å². The Morgan fingerprint density at radius 1 is 1.53 bits per heavy atom. The van der Waals surface area contributed by atoms with E-state index in [1.165, 1.54) is 6.92 Å². The van der Waals surface area contributed by atoms with Crippen molar-refractivity contribution in [3.63, 3.8) is 0 Å². The van der Waals surface area contributed by atoms with E-state index >= 15 is 0 Å². The molecule has 0 aliphatic rings. The molecule has 104 valence electrons. The first-order valence-corrected chi connectivity index (χ1v) is 6.55. The van der Waals surface area contributed by atoms with E-state index < -0.39 is 33.3 Å². The summed E-state index contributed by atoms with van der Waals surface area (Å²) in [6.07, 6.45) is 0.831. The van der Waals surface area contributed by atoms with Crippen LogP contribution in [0.2, 0.25) is 0 Å². The number of hydrogen-bond donors (Lipinski definition) is 1. The largest absolute Gasteiger partial charge is 0.480 e. The summed E-state index contributed by atoms with van der Waals surface area (Å²) in [6.45, 7) is 0.765. The summed E-state index contributed by atoms with van der Waals surface area (Å²) in [5, 5.41) is 19.0. The van der Waals surface area contributed by atoms with Crippen LogP contribution >= 0.6 is 0 Å². The maximum absolute atomic E-state index is 12.0. The number of aromatic nitrogens is 1. The first-order valence-electron chi connectivity index (χ1n) is 5.11. The summed E-state index contributed by atoms with van der Waals surface area (Å²) in [7, 11) is -4.02. The Kier molecular flexibility index (Phi) is 4.51. The van der Waals surface area contributed by atoms with Gasteiger partial charge in [0.05, 0.1) is 0 Å². The van der Waals surface area contributed by atoms with Crippen molar-refractivity contribution in [2.75, 3.05) is 13.1 Å². The van der Waals surface area contributed by atoms with Gasteiger partial charge in [-0.1, -0.05) is 6.92 Å². The number of likely N-dealkylation sites (N-methyl/N-ethyl adjacent to an activating group) is 1. The lowest BCUT2D eigenvalue weighted by atomic mass is 10.5. The lowest BCUT2D eigenvalue weighted by Crippen LogP contribution is -2.35. The average Bonchev–Trinajstić information content (AvgIpc) is 2.35. The molecule has 0 saturated carbocycles. The number of rotatable bonds is 6. The Bertz CT molecular complexity index is 582. The van der Waals surface area contributed by atoms with Crippen LogP contribution in [0.15, 0.2) is 23.2 Å². The summed E-state index contributed by atoms with van der Waals surface area (Å²) in [4.78, 5) is 23.3. The van der Waals surface area contributed by atoms with E-state index in [1.54, 1.807) is 0 Å². The van der Waals surface area contributed by atoms with Crippen LogP contribution in [-0.4, -0.2) is 46.8 Å². The number of aliphatic carboxylic acids is 1. The van der Waals surface area contributed by atoms with Crippen LogP contribution in [0.3, 0.4) is 0 Å². The number of nitro groups is 1. The molecule has 0 aliphatic heterocycles. The van der Waals surface area contributed by atoms with Crippen molar-refractivity contribution in [2.24, 2.45) is 0 Å². The van der Waals surface area contributed by atoms with Gasteiger partial charge in [0.15, 0.2) is 6.20 Å². The zero-order chi connectivity index (χ0) is 14.6.